The van der Waals surface area contributed by atoms with E-state index < -0.39 is 0 Å². The van der Waals surface area contributed by atoms with Crippen LogP contribution in [0.25, 0.3) is 0 Å². The molecule has 1 saturated heterocycles. The normalized spacial score (nSPS) is 15.9. The molecule has 2 heterocycles. The van der Waals surface area contributed by atoms with Gasteiger partial charge in [-0.1, -0.05) is 42.5 Å². The molecule has 0 spiro atoms. The number of anilines is 1. The number of amides is 3. The van der Waals surface area contributed by atoms with E-state index in [1.165, 1.54) is 24.4 Å². The molecule has 35 heavy (non-hydrogen) atoms. The summed E-state index contributed by atoms with van der Waals surface area (Å²) in [6.07, 6.45) is 0. The smallest absolute Gasteiger partial charge is 0.261 e. The predicted octanol–water partition coefficient (Wildman–Crippen LogP) is 3.16. The van der Waals surface area contributed by atoms with Gasteiger partial charge in [-0.15, -0.1) is 0 Å². The monoisotopic (exact) mass is 468 g/mol. The van der Waals surface area contributed by atoms with E-state index in [1.54, 1.807) is 12.1 Å². The van der Waals surface area contributed by atoms with Gasteiger partial charge in [-0.25, -0.2) is 0 Å². The molecule has 0 atom stereocenters. The van der Waals surface area contributed by atoms with Crippen molar-refractivity contribution in [3.63, 3.8) is 0 Å². The van der Waals surface area contributed by atoms with Crippen LogP contribution in [0.4, 0.5) is 5.69 Å². The number of imide groups is 1. The third-order valence-electron chi connectivity index (χ3n) is 6.80. The summed E-state index contributed by atoms with van der Waals surface area (Å²) in [5.74, 6) is -0.985. The Morgan fingerprint density at radius 2 is 1.46 bits per heavy atom. The SMILES string of the molecule is CN1C(=O)c2ccc(C(=O)NCc3ccccc3CN3CCN(c4ccccc4)CC3)cc2C1=O. The van der Waals surface area contributed by atoms with Crippen LogP contribution in [-0.2, 0) is 13.1 Å². The lowest BCUT2D eigenvalue weighted by molar-refractivity contribution is 0.0693. The summed E-state index contributed by atoms with van der Waals surface area (Å²) in [4.78, 5) is 43.1. The Morgan fingerprint density at radius 3 is 2.20 bits per heavy atom. The van der Waals surface area contributed by atoms with E-state index in [0.29, 0.717) is 17.7 Å². The molecule has 0 aliphatic carbocycles. The van der Waals surface area contributed by atoms with Crippen LogP contribution < -0.4 is 10.2 Å². The van der Waals surface area contributed by atoms with Crippen molar-refractivity contribution in [1.82, 2.24) is 15.1 Å². The van der Waals surface area contributed by atoms with Gasteiger partial charge >= 0.3 is 0 Å². The van der Waals surface area contributed by atoms with Gasteiger partial charge in [-0.2, -0.15) is 0 Å². The molecule has 0 bridgehead atoms. The quantitative estimate of drug-likeness (QED) is 0.563. The Bertz CT molecular complexity index is 1270. The van der Waals surface area contributed by atoms with Crippen molar-refractivity contribution in [1.29, 1.82) is 0 Å². The topological polar surface area (TPSA) is 73.0 Å². The lowest BCUT2D eigenvalue weighted by atomic mass is 10.0. The third-order valence-corrected chi connectivity index (χ3v) is 6.80. The summed E-state index contributed by atoms with van der Waals surface area (Å²) >= 11 is 0. The molecular formula is C28H28N4O3. The molecule has 3 aromatic rings. The maximum Gasteiger partial charge on any atom is 0.261 e. The lowest BCUT2D eigenvalue weighted by Crippen LogP contribution is -2.46. The van der Waals surface area contributed by atoms with Crippen LogP contribution in [0.15, 0.2) is 72.8 Å². The lowest BCUT2D eigenvalue weighted by Gasteiger charge is -2.36. The first-order valence-electron chi connectivity index (χ1n) is 11.8. The second kappa shape index (κ2) is 9.72. The number of carbonyl (C=O) groups excluding carboxylic acids is 3. The molecule has 7 nitrogen and oxygen atoms in total. The van der Waals surface area contributed by atoms with Crippen molar-refractivity contribution in [2.24, 2.45) is 0 Å². The number of benzene rings is 3. The van der Waals surface area contributed by atoms with Crippen LogP contribution in [0, 0.1) is 0 Å². The predicted molar refractivity (Wildman–Crippen MR) is 134 cm³/mol. The van der Waals surface area contributed by atoms with Crippen LogP contribution in [0.2, 0.25) is 0 Å². The van der Waals surface area contributed by atoms with Crippen LogP contribution in [0.1, 0.15) is 42.2 Å². The van der Waals surface area contributed by atoms with Crippen molar-refractivity contribution in [2.75, 3.05) is 38.1 Å². The van der Waals surface area contributed by atoms with E-state index in [0.717, 1.165) is 43.2 Å². The average molecular weight is 469 g/mol. The zero-order valence-corrected chi connectivity index (χ0v) is 19.7. The molecule has 1 N–H and O–H groups in total. The number of nitrogens with one attached hydrogen (secondary N) is 1. The molecule has 2 aliphatic heterocycles. The van der Waals surface area contributed by atoms with Gasteiger partial charge in [0.1, 0.15) is 0 Å². The van der Waals surface area contributed by atoms with Crippen molar-refractivity contribution in [3.05, 3.63) is 101 Å². The van der Waals surface area contributed by atoms with E-state index in [4.69, 9.17) is 0 Å². The maximum atomic E-state index is 12.8. The fourth-order valence-corrected chi connectivity index (χ4v) is 4.71. The highest BCUT2D eigenvalue weighted by Crippen LogP contribution is 2.23. The molecule has 0 saturated carbocycles. The van der Waals surface area contributed by atoms with Gasteiger partial charge in [0.15, 0.2) is 0 Å². The van der Waals surface area contributed by atoms with Crippen LogP contribution in [-0.4, -0.2) is 60.7 Å². The Hall–Kier alpha value is -3.97. The van der Waals surface area contributed by atoms with Gasteiger partial charge in [-0.05, 0) is 41.5 Å². The van der Waals surface area contributed by atoms with Gasteiger partial charge in [0, 0.05) is 57.6 Å². The number of rotatable bonds is 6. The molecule has 5 rings (SSSR count). The molecule has 7 heteroatoms. The molecule has 0 unspecified atom stereocenters. The Balaban J connectivity index is 1.20. The number of hydrogen-bond donors (Lipinski definition) is 1. The number of hydrogen-bond acceptors (Lipinski definition) is 5. The summed E-state index contributed by atoms with van der Waals surface area (Å²) in [5, 5.41) is 2.97. The molecule has 0 aromatic heterocycles. The van der Waals surface area contributed by atoms with Crippen molar-refractivity contribution >= 4 is 23.4 Å². The van der Waals surface area contributed by atoms with E-state index in [1.807, 2.05) is 24.3 Å². The highest BCUT2D eigenvalue weighted by molar-refractivity contribution is 6.21. The minimum atomic E-state index is -0.377. The molecule has 3 aromatic carbocycles. The molecule has 3 amide bonds. The molecule has 1 fully saturated rings. The minimum Gasteiger partial charge on any atom is -0.369 e. The fraction of sp³-hybridized carbons (Fsp3) is 0.250. The van der Waals surface area contributed by atoms with E-state index >= 15 is 0 Å². The van der Waals surface area contributed by atoms with Gasteiger partial charge in [0.05, 0.1) is 11.1 Å². The fourth-order valence-electron chi connectivity index (χ4n) is 4.71. The first-order valence-corrected chi connectivity index (χ1v) is 11.8. The zero-order chi connectivity index (χ0) is 24.4. The second-order valence-corrected chi connectivity index (χ2v) is 8.98. The van der Waals surface area contributed by atoms with Gasteiger partial charge in [0.2, 0.25) is 0 Å². The Kier molecular flexibility index (Phi) is 6.33. The number of fused-ring (bicyclic) bond motifs is 1. The summed E-state index contributed by atoms with van der Waals surface area (Å²) in [6.45, 7) is 5.15. The average Bonchev–Trinajstić information content (AvgIpc) is 3.12. The Morgan fingerprint density at radius 1 is 0.800 bits per heavy atom. The van der Waals surface area contributed by atoms with Gasteiger partial charge in [0.25, 0.3) is 17.7 Å². The second-order valence-electron chi connectivity index (χ2n) is 8.98. The summed E-state index contributed by atoms with van der Waals surface area (Å²) in [6, 6.07) is 23.3. The van der Waals surface area contributed by atoms with Gasteiger partial charge < -0.3 is 10.2 Å². The van der Waals surface area contributed by atoms with Gasteiger partial charge in [-0.3, -0.25) is 24.2 Å². The number of carbonyl (C=O) groups is 3. The largest absolute Gasteiger partial charge is 0.369 e. The molecular weight excluding hydrogens is 440 g/mol. The highest BCUT2D eigenvalue weighted by Gasteiger charge is 2.33. The first-order chi connectivity index (χ1) is 17.0. The third kappa shape index (κ3) is 4.68. The minimum absolute atomic E-state index is 0.270. The van der Waals surface area contributed by atoms with Crippen LogP contribution in [0.3, 0.4) is 0 Å². The van der Waals surface area contributed by atoms with E-state index in [-0.39, 0.29) is 23.3 Å². The van der Waals surface area contributed by atoms with E-state index in [9.17, 15) is 14.4 Å². The molecule has 2 aliphatic rings. The maximum absolute atomic E-state index is 12.8. The van der Waals surface area contributed by atoms with Crippen molar-refractivity contribution in [3.8, 4) is 0 Å². The highest BCUT2D eigenvalue weighted by atomic mass is 16.2. The van der Waals surface area contributed by atoms with Crippen LogP contribution >= 0.6 is 0 Å². The summed E-state index contributed by atoms with van der Waals surface area (Å²) in [7, 11) is 1.45. The summed E-state index contributed by atoms with van der Waals surface area (Å²) in [5.41, 5.74) is 4.51. The van der Waals surface area contributed by atoms with Crippen molar-refractivity contribution < 1.29 is 14.4 Å². The number of para-hydroxylation sites is 1. The first kappa shape index (κ1) is 22.8. The number of piperazine rings is 1. The zero-order valence-electron chi connectivity index (χ0n) is 19.7. The molecule has 178 valence electrons. The van der Waals surface area contributed by atoms with Crippen LogP contribution in [0.5, 0.6) is 0 Å². The standard InChI is InChI=1S/C28H28N4O3/c1-30-27(34)24-12-11-20(17-25(24)28(30)35)26(33)29-18-21-7-5-6-8-22(21)19-31-13-15-32(16-14-31)23-9-3-2-4-10-23/h2-12,17H,13-16,18-19H2,1H3,(H,29,33). The molecule has 0 radical (unpaired) electrons. The van der Waals surface area contributed by atoms with E-state index in [2.05, 4.69) is 45.4 Å². The van der Waals surface area contributed by atoms with Crippen molar-refractivity contribution in [2.45, 2.75) is 13.1 Å². The summed E-state index contributed by atoms with van der Waals surface area (Å²) < 4.78 is 0. The Labute approximate surface area is 204 Å². The number of nitrogens with zero attached hydrogens (tertiary/aromatic N) is 3.